The zero-order valence-electron chi connectivity index (χ0n) is 13.0. The van der Waals surface area contributed by atoms with E-state index in [1.165, 1.54) is 0 Å². The van der Waals surface area contributed by atoms with E-state index in [2.05, 4.69) is 21.6 Å². The van der Waals surface area contributed by atoms with Crippen LogP contribution in [0.5, 0.6) is 0 Å². The van der Waals surface area contributed by atoms with Crippen LogP contribution in [0.2, 0.25) is 0 Å². The van der Waals surface area contributed by atoms with Crippen molar-refractivity contribution in [3.05, 3.63) is 73.0 Å². The van der Waals surface area contributed by atoms with Crippen LogP contribution in [-0.2, 0) is 9.47 Å². The molecule has 4 rings (SSSR count). The van der Waals surface area contributed by atoms with Gasteiger partial charge in [-0.05, 0) is 29.8 Å². The first-order chi connectivity index (χ1) is 11.8. The average Bonchev–Trinajstić information content (AvgIpc) is 3.13. The molecule has 1 fully saturated rings. The predicted molar refractivity (Wildman–Crippen MR) is 88.4 cm³/mol. The molecule has 4 heterocycles. The van der Waals surface area contributed by atoms with E-state index in [4.69, 9.17) is 9.47 Å². The van der Waals surface area contributed by atoms with Crippen LogP contribution in [0.4, 0.5) is 0 Å². The van der Waals surface area contributed by atoms with Gasteiger partial charge < -0.3 is 9.47 Å². The van der Waals surface area contributed by atoms with Gasteiger partial charge >= 0.3 is 0 Å². The van der Waals surface area contributed by atoms with Gasteiger partial charge in [-0.2, -0.15) is 5.10 Å². The fraction of sp³-hybridized carbons (Fsp3) is 0.167. The molecule has 0 radical (unpaired) electrons. The number of pyridine rings is 2. The van der Waals surface area contributed by atoms with Crippen molar-refractivity contribution in [3.63, 3.8) is 0 Å². The highest BCUT2D eigenvalue weighted by molar-refractivity contribution is 5.57. The summed E-state index contributed by atoms with van der Waals surface area (Å²) in [4.78, 5) is 8.76. The van der Waals surface area contributed by atoms with Gasteiger partial charge in [-0.15, -0.1) is 0 Å². The van der Waals surface area contributed by atoms with Crippen molar-refractivity contribution in [3.8, 4) is 16.9 Å². The van der Waals surface area contributed by atoms with Crippen LogP contribution in [0, 0.1) is 0 Å². The van der Waals surface area contributed by atoms with E-state index in [9.17, 15) is 0 Å². The van der Waals surface area contributed by atoms with E-state index in [1.807, 2.05) is 36.5 Å². The van der Waals surface area contributed by atoms with Crippen LogP contribution in [0.3, 0.4) is 0 Å². The molecule has 0 unspecified atom stereocenters. The summed E-state index contributed by atoms with van der Waals surface area (Å²) in [5.74, 6) is 0. The van der Waals surface area contributed by atoms with Crippen LogP contribution in [0.15, 0.2) is 67.3 Å². The van der Waals surface area contributed by atoms with Crippen molar-refractivity contribution in [2.45, 2.75) is 6.29 Å². The van der Waals surface area contributed by atoms with Crippen LogP contribution < -0.4 is 0 Å². The maximum absolute atomic E-state index is 5.63. The molecule has 3 aromatic rings. The van der Waals surface area contributed by atoms with Gasteiger partial charge in [0.2, 0.25) is 6.29 Å². The van der Waals surface area contributed by atoms with E-state index in [-0.39, 0.29) is 0 Å². The van der Waals surface area contributed by atoms with E-state index >= 15 is 0 Å². The van der Waals surface area contributed by atoms with Crippen molar-refractivity contribution in [1.82, 2.24) is 19.7 Å². The number of nitrogens with zero attached hydrogens (tertiary/aromatic N) is 4. The van der Waals surface area contributed by atoms with Crippen LogP contribution in [0.1, 0.15) is 12.0 Å². The molecule has 0 saturated carbocycles. The fourth-order valence-corrected chi connectivity index (χ4v) is 2.48. The second-order valence-electron chi connectivity index (χ2n) is 5.54. The number of ether oxygens (including phenoxy) is 2. The van der Waals surface area contributed by atoms with Gasteiger partial charge in [-0.25, -0.2) is 9.67 Å². The van der Waals surface area contributed by atoms with Crippen molar-refractivity contribution in [2.24, 2.45) is 0 Å². The molecule has 6 heteroatoms. The summed E-state index contributed by atoms with van der Waals surface area (Å²) in [6.07, 6.45) is 6.75. The molecule has 120 valence electrons. The minimum atomic E-state index is -0.455. The maximum Gasteiger partial charge on any atom is 0.201 e. The molecule has 0 bridgehead atoms. The molecule has 0 aliphatic carbocycles. The molecule has 0 amide bonds. The van der Waals surface area contributed by atoms with Gasteiger partial charge in [-0.1, -0.05) is 12.6 Å². The first-order valence-corrected chi connectivity index (χ1v) is 7.62. The van der Waals surface area contributed by atoms with Crippen molar-refractivity contribution in [1.29, 1.82) is 0 Å². The molecular weight excluding hydrogens is 304 g/mol. The lowest BCUT2D eigenvalue weighted by Gasteiger charge is -2.24. The van der Waals surface area contributed by atoms with Gasteiger partial charge in [0.1, 0.15) is 0 Å². The highest BCUT2D eigenvalue weighted by Gasteiger charge is 2.20. The molecule has 1 aliphatic rings. The Labute approximate surface area is 139 Å². The van der Waals surface area contributed by atoms with Crippen molar-refractivity contribution in [2.75, 3.05) is 13.2 Å². The predicted octanol–water partition coefficient (Wildman–Crippen LogP) is 2.93. The summed E-state index contributed by atoms with van der Waals surface area (Å²) < 4.78 is 13.0. The molecule has 0 N–H and O–H groups in total. The number of rotatable bonds is 3. The average molecular weight is 320 g/mol. The SMILES string of the molecule is C=C1COC(c2cccc(-c3cnn(-c4cccnc4)c3)n2)OC1. The maximum atomic E-state index is 5.63. The first-order valence-electron chi connectivity index (χ1n) is 7.62. The minimum absolute atomic E-state index is 0.455. The number of hydrogen-bond donors (Lipinski definition) is 0. The molecule has 1 saturated heterocycles. The monoisotopic (exact) mass is 320 g/mol. The molecule has 24 heavy (non-hydrogen) atoms. The van der Waals surface area contributed by atoms with Crippen LogP contribution >= 0.6 is 0 Å². The lowest BCUT2D eigenvalue weighted by molar-refractivity contribution is -0.162. The minimum Gasteiger partial charge on any atom is -0.343 e. The zero-order chi connectivity index (χ0) is 16.4. The molecule has 6 nitrogen and oxygen atoms in total. The Balaban J connectivity index is 1.60. The van der Waals surface area contributed by atoms with Gasteiger partial charge in [0.05, 0.1) is 42.7 Å². The van der Waals surface area contributed by atoms with Crippen LogP contribution in [-0.4, -0.2) is 33.0 Å². The molecule has 0 atom stereocenters. The number of hydrogen-bond acceptors (Lipinski definition) is 5. The Kier molecular flexibility index (Phi) is 3.90. The molecular formula is C18H16N4O2. The van der Waals surface area contributed by atoms with Gasteiger partial charge in [-0.3, -0.25) is 4.98 Å². The lowest BCUT2D eigenvalue weighted by Crippen LogP contribution is -2.20. The Bertz CT molecular complexity index is 850. The van der Waals surface area contributed by atoms with Gasteiger partial charge in [0.15, 0.2) is 0 Å². The Morgan fingerprint density at radius 2 is 1.96 bits per heavy atom. The van der Waals surface area contributed by atoms with Crippen molar-refractivity contribution < 1.29 is 9.47 Å². The van der Waals surface area contributed by atoms with E-state index in [1.54, 1.807) is 23.3 Å². The van der Waals surface area contributed by atoms with Crippen LogP contribution in [0.25, 0.3) is 16.9 Å². The summed E-state index contributed by atoms with van der Waals surface area (Å²) in [6, 6.07) is 9.60. The number of aromatic nitrogens is 4. The Morgan fingerprint density at radius 1 is 1.08 bits per heavy atom. The smallest absolute Gasteiger partial charge is 0.201 e. The Hall–Kier alpha value is -2.83. The summed E-state index contributed by atoms with van der Waals surface area (Å²) >= 11 is 0. The molecule has 0 aromatic carbocycles. The van der Waals surface area contributed by atoms with E-state index in [0.717, 1.165) is 28.2 Å². The molecule has 0 spiro atoms. The largest absolute Gasteiger partial charge is 0.343 e. The second kappa shape index (κ2) is 6.35. The third-order valence-corrected chi connectivity index (χ3v) is 3.68. The summed E-state index contributed by atoms with van der Waals surface area (Å²) in [7, 11) is 0. The normalized spacial score (nSPS) is 15.6. The zero-order valence-corrected chi connectivity index (χ0v) is 13.0. The van der Waals surface area contributed by atoms with Gasteiger partial charge in [0, 0.05) is 18.0 Å². The highest BCUT2D eigenvalue weighted by Crippen LogP contribution is 2.25. The van der Waals surface area contributed by atoms with Gasteiger partial charge in [0.25, 0.3) is 0 Å². The van der Waals surface area contributed by atoms with Crippen molar-refractivity contribution >= 4 is 0 Å². The van der Waals surface area contributed by atoms with E-state index < -0.39 is 6.29 Å². The summed E-state index contributed by atoms with van der Waals surface area (Å²) in [5.41, 5.74) is 4.31. The third kappa shape index (κ3) is 2.97. The topological polar surface area (TPSA) is 62.1 Å². The second-order valence-corrected chi connectivity index (χ2v) is 5.54. The van der Waals surface area contributed by atoms with E-state index in [0.29, 0.717) is 13.2 Å². The highest BCUT2D eigenvalue weighted by atomic mass is 16.7. The lowest BCUT2D eigenvalue weighted by atomic mass is 10.2. The molecule has 3 aromatic heterocycles. The summed E-state index contributed by atoms with van der Waals surface area (Å²) in [5, 5.41) is 4.38. The molecule has 1 aliphatic heterocycles. The third-order valence-electron chi connectivity index (χ3n) is 3.68. The first kappa shape index (κ1) is 14.7. The fourth-order valence-electron chi connectivity index (χ4n) is 2.48. The quantitative estimate of drug-likeness (QED) is 0.694. The summed E-state index contributed by atoms with van der Waals surface area (Å²) in [6.45, 7) is 4.84. The standard InChI is InChI=1S/C18H16N4O2/c1-13-11-23-18(24-12-13)17-6-2-5-16(21-17)14-8-20-22(10-14)15-4-3-7-19-9-15/h2-10,18H,1,11-12H2. The Morgan fingerprint density at radius 3 is 2.75 bits per heavy atom.